The number of hydrogen-bond donors (Lipinski definition) is 1. The fraction of sp³-hybridized carbons (Fsp3) is 0.455. The fourth-order valence-corrected chi connectivity index (χ4v) is 1.77. The molecule has 0 spiro atoms. The van der Waals surface area contributed by atoms with Gasteiger partial charge in [0.15, 0.2) is 5.65 Å². The number of aromatic nitrogens is 3. The minimum absolute atomic E-state index is 0.00745. The molecule has 2 aromatic rings. The van der Waals surface area contributed by atoms with Crippen molar-refractivity contribution in [2.75, 3.05) is 0 Å². The van der Waals surface area contributed by atoms with Crippen molar-refractivity contribution in [1.29, 1.82) is 0 Å². The zero-order valence-corrected chi connectivity index (χ0v) is 9.51. The van der Waals surface area contributed by atoms with E-state index in [1.54, 1.807) is 0 Å². The van der Waals surface area contributed by atoms with E-state index >= 15 is 0 Å². The fourth-order valence-electron chi connectivity index (χ4n) is 1.77. The summed E-state index contributed by atoms with van der Waals surface area (Å²) in [5.74, 6) is 0. The van der Waals surface area contributed by atoms with Gasteiger partial charge in [-0.1, -0.05) is 6.92 Å². The Kier molecular flexibility index (Phi) is 2.14. The first-order valence-corrected chi connectivity index (χ1v) is 5.13. The van der Waals surface area contributed by atoms with E-state index in [1.165, 1.54) is 4.52 Å². The van der Waals surface area contributed by atoms with Gasteiger partial charge in [-0.3, -0.25) is 9.89 Å². The van der Waals surface area contributed by atoms with Gasteiger partial charge in [0, 0.05) is 16.8 Å². The van der Waals surface area contributed by atoms with Crippen molar-refractivity contribution in [2.24, 2.45) is 0 Å². The molecule has 2 heterocycles. The molecule has 0 unspecified atom stereocenters. The van der Waals surface area contributed by atoms with E-state index in [0.717, 1.165) is 34.6 Å². The molecule has 15 heavy (non-hydrogen) atoms. The lowest BCUT2D eigenvalue weighted by atomic mass is 10.2. The van der Waals surface area contributed by atoms with E-state index < -0.39 is 0 Å². The average Bonchev–Trinajstić information content (AvgIpc) is 2.50. The van der Waals surface area contributed by atoms with Crippen molar-refractivity contribution >= 4 is 5.65 Å². The summed E-state index contributed by atoms with van der Waals surface area (Å²) in [5.41, 5.74) is 4.42. The Morgan fingerprint density at radius 2 is 1.93 bits per heavy atom. The number of aryl methyl sites for hydroxylation is 3. The Balaban J connectivity index is 2.97. The van der Waals surface area contributed by atoms with Crippen LogP contribution in [0, 0.1) is 20.8 Å². The third-order valence-corrected chi connectivity index (χ3v) is 2.92. The third kappa shape index (κ3) is 1.28. The van der Waals surface area contributed by atoms with Gasteiger partial charge in [0.25, 0.3) is 5.56 Å². The molecule has 80 valence electrons. The summed E-state index contributed by atoms with van der Waals surface area (Å²) in [5, 5.41) is 3.03. The molecular weight excluding hydrogens is 190 g/mol. The van der Waals surface area contributed by atoms with E-state index in [1.807, 2.05) is 27.7 Å². The molecular formula is C11H15N3O. The Morgan fingerprint density at radius 1 is 1.27 bits per heavy atom. The molecule has 2 rings (SSSR count). The number of nitrogens with one attached hydrogen (secondary N) is 1. The molecule has 0 bridgehead atoms. The van der Waals surface area contributed by atoms with Crippen LogP contribution in [0.4, 0.5) is 0 Å². The van der Waals surface area contributed by atoms with Crippen molar-refractivity contribution < 1.29 is 0 Å². The molecule has 0 fully saturated rings. The van der Waals surface area contributed by atoms with Crippen LogP contribution >= 0.6 is 0 Å². The van der Waals surface area contributed by atoms with Crippen LogP contribution in [-0.2, 0) is 6.42 Å². The molecule has 0 aliphatic carbocycles. The monoisotopic (exact) mass is 205 g/mol. The van der Waals surface area contributed by atoms with E-state index in [0.29, 0.717) is 0 Å². The maximum atomic E-state index is 12.0. The summed E-state index contributed by atoms with van der Waals surface area (Å²) in [6, 6.07) is 0. The van der Waals surface area contributed by atoms with Gasteiger partial charge in [0.1, 0.15) is 0 Å². The van der Waals surface area contributed by atoms with Crippen molar-refractivity contribution in [2.45, 2.75) is 34.1 Å². The summed E-state index contributed by atoms with van der Waals surface area (Å²) in [6.07, 6.45) is 0.793. The molecule has 0 atom stereocenters. The quantitative estimate of drug-likeness (QED) is 0.767. The summed E-state index contributed by atoms with van der Waals surface area (Å²) < 4.78 is 1.53. The summed E-state index contributed by atoms with van der Waals surface area (Å²) >= 11 is 0. The smallest absolute Gasteiger partial charge is 0.275 e. The van der Waals surface area contributed by atoms with Crippen molar-refractivity contribution in [3.05, 3.63) is 32.9 Å². The highest BCUT2D eigenvalue weighted by Gasteiger charge is 2.11. The maximum Gasteiger partial charge on any atom is 0.275 e. The lowest BCUT2D eigenvalue weighted by Crippen LogP contribution is -2.20. The van der Waals surface area contributed by atoms with Gasteiger partial charge in [0.05, 0.1) is 5.69 Å². The summed E-state index contributed by atoms with van der Waals surface area (Å²) in [7, 11) is 0. The number of fused-ring (bicyclic) bond motifs is 1. The molecule has 4 nitrogen and oxygen atoms in total. The Hall–Kier alpha value is -1.58. The molecule has 0 saturated carbocycles. The number of nitrogens with zero attached hydrogens (tertiary/aromatic N) is 2. The maximum absolute atomic E-state index is 12.0. The van der Waals surface area contributed by atoms with Crippen LogP contribution in [0.15, 0.2) is 4.79 Å². The van der Waals surface area contributed by atoms with Crippen molar-refractivity contribution in [3.63, 3.8) is 0 Å². The lowest BCUT2D eigenvalue weighted by molar-refractivity contribution is 0.845. The largest absolute Gasteiger partial charge is 0.294 e. The zero-order chi connectivity index (χ0) is 11.2. The predicted octanol–water partition coefficient (Wildman–Crippen LogP) is 1.51. The minimum Gasteiger partial charge on any atom is -0.294 e. The number of H-pyrrole nitrogens is 1. The van der Waals surface area contributed by atoms with Gasteiger partial charge >= 0.3 is 0 Å². The minimum atomic E-state index is 0.00745. The lowest BCUT2D eigenvalue weighted by Gasteiger charge is -2.02. The number of aromatic amines is 1. The van der Waals surface area contributed by atoms with Crippen LogP contribution in [0.25, 0.3) is 5.65 Å². The van der Waals surface area contributed by atoms with E-state index in [-0.39, 0.29) is 5.56 Å². The number of rotatable bonds is 1. The third-order valence-electron chi connectivity index (χ3n) is 2.92. The van der Waals surface area contributed by atoms with Crippen LogP contribution in [0.5, 0.6) is 0 Å². The van der Waals surface area contributed by atoms with Crippen LogP contribution < -0.4 is 5.56 Å². The highest BCUT2D eigenvalue weighted by Crippen LogP contribution is 2.11. The van der Waals surface area contributed by atoms with E-state index in [4.69, 9.17) is 0 Å². The van der Waals surface area contributed by atoms with Crippen LogP contribution in [0.3, 0.4) is 0 Å². The highest BCUT2D eigenvalue weighted by atomic mass is 16.1. The molecule has 1 N–H and O–H groups in total. The summed E-state index contributed by atoms with van der Waals surface area (Å²) in [4.78, 5) is 16.5. The zero-order valence-electron chi connectivity index (χ0n) is 9.51. The SMILES string of the molecule is CCc1nc2c(C)c(C)[nH]n2c(=O)c1C. The average molecular weight is 205 g/mol. The van der Waals surface area contributed by atoms with Gasteiger partial charge in [-0.05, 0) is 27.2 Å². The standard InChI is InChI=1S/C11H15N3O/c1-5-9-7(3)11(15)14-10(12-9)6(2)8(4)13-14/h13H,5H2,1-4H3. The second-order valence-corrected chi connectivity index (χ2v) is 3.86. The van der Waals surface area contributed by atoms with Gasteiger partial charge in [0.2, 0.25) is 0 Å². The molecule has 0 radical (unpaired) electrons. The molecule has 0 aliphatic rings. The first-order chi connectivity index (χ1) is 7.06. The van der Waals surface area contributed by atoms with Gasteiger partial charge < -0.3 is 0 Å². The Labute approximate surface area is 87.9 Å². The highest BCUT2D eigenvalue weighted by molar-refractivity contribution is 5.50. The predicted molar refractivity (Wildman–Crippen MR) is 59.4 cm³/mol. The molecule has 2 aromatic heterocycles. The number of hydrogen-bond acceptors (Lipinski definition) is 2. The Bertz CT molecular complexity index is 578. The van der Waals surface area contributed by atoms with Gasteiger partial charge in [-0.15, -0.1) is 0 Å². The first kappa shape index (κ1) is 9.96. The van der Waals surface area contributed by atoms with Crippen molar-refractivity contribution in [3.8, 4) is 0 Å². The molecule has 0 aromatic carbocycles. The van der Waals surface area contributed by atoms with E-state index in [9.17, 15) is 4.79 Å². The molecule has 0 aliphatic heterocycles. The molecule has 0 saturated heterocycles. The molecule has 4 heteroatoms. The second kappa shape index (κ2) is 3.22. The van der Waals surface area contributed by atoms with Crippen LogP contribution in [0.1, 0.15) is 29.4 Å². The second-order valence-electron chi connectivity index (χ2n) is 3.86. The van der Waals surface area contributed by atoms with E-state index in [2.05, 4.69) is 10.1 Å². The van der Waals surface area contributed by atoms with Crippen LogP contribution in [-0.4, -0.2) is 14.6 Å². The topological polar surface area (TPSA) is 50.2 Å². The normalized spacial score (nSPS) is 11.2. The van der Waals surface area contributed by atoms with Gasteiger partial charge in [-0.2, -0.15) is 0 Å². The first-order valence-electron chi connectivity index (χ1n) is 5.13. The van der Waals surface area contributed by atoms with Gasteiger partial charge in [-0.25, -0.2) is 9.50 Å². The van der Waals surface area contributed by atoms with Crippen molar-refractivity contribution in [1.82, 2.24) is 14.6 Å². The Morgan fingerprint density at radius 3 is 2.53 bits per heavy atom. The summed E-state index contributed by atoms with van der Waals surface area (Å²) in [6.45, 7) is 7.76. The molecule has 0 amide bonds. The van der Waals surface area contributed by atoms with Crippen LogP contribution in [0.2, 0.25) is 0 Å².